The van der Waals surface area contributed by atoms with E-state index in [-0.39, 0.29) is 12.5 Å². The van der Waals surface area contributed by atoms with Gasteiger partial charge in [0.05, 0.1) is 31.6 Å². The Morgan fingerprint density at radius 3 is 2.94 bits per heavy atom. The highest BCUT2D eigenvalue weighted by molar-refractivity contribution is 6.31. The molecule has 0 aliphatic carbocycles. The lowest BCUT2D eigenvalue weighted by Gasteiger charge is -2.32. The monoisotopic (exact) mass is 481 g/mol. The van der Waals surface area contributed by atoms with Gasteiger partial charge in [-0.15, -0.1) is 0 Å². The fraction of sp³-hybridized carbons (Fsp3) is 0.304. The number of nitrogens with one attached hydrogen (secondary N) is 1. The fourth-order valence-corrected chi connectivity index (χ4v) is 4.16. The maximum absolute atomic E-state index is 13.2. The van der Waals surface area contributed by atoms with Gasteiger partial charge in [0.2, 0.25) is 0 Å². The summed E-state index contributed by atoms with van der Waals surface area (Å²) in [6.07, 6.45) is 7.06. The molecule has 176 valence electrons. The normalized spacial score (nSPS) is 14.7. The molecule has 11 heteroatoms. The van der Waals surface area contributed by atoms with Gasteiger partial charge in [-0.25, -0.2) is 9.50 Å². The number of hydrogen-bond acceptors (Lipinski definition) is 7. The molecule has 4 heterocycles. The van der Waals surface area contributed by atoms with Gasteiger partial charge in [0.15, 0.2) is 5.65 Å². The second-order valence-electron chi connectivity index (χ2n) is 8.17. The van der Waals surface area contributed by atoms with Crippen molar-refractivity contribution in [2.75, 3.05) is 32.1 Å². The van der Waals surface area contributed by atoms with Gasteiger partial charge in [-0.1, -0.05) is 11.6 Å². The Balaban J connectivity index is 1.48. The maximum atomic E-state index is 13.2. The lowest BCUT2D eigenvalue weighted by Crippen LogP contribution is -2.43. The Hall–Kier alpha value is -3.47. The third kappa shape index (κ3) is 4.47. The molecule has 1 aliphatic rings. The van der Waals surface area contributed by atoms with Crippen molar-refractivity contribution in [2.24, 2.45) is 0 Å². The van der Waals surface area contributed by atoms with Crippen molar-refractivity contribution in [3.05, 3.63) is 59.6 Å². The van der Waals surface area contributed by atoms with E-state index in [4.69, 9.17) is 16.3 Å². The number of aliphatic hydroxyl groups excluding tert-OH is 1. The lowest BCUT2D eigenvalue weighted by molar-refractivity contribution is 0.0662. The van der Waals surface area contributed by atoms with Gasteiger partial charge in [0.1, 0.15) is 17.0 Å². The number of hydrogen-bond donors (Lipinski definition) is 2. The van der Waals surface area contributed by atoms with E-state index in [0.717, 1.165) is 19.5 Å². The van der Waals surface area contributed by atoms with Crippen LogP contribution in [0.3, 0.4) is 0 Å². The Bertz CT molecular complexity index is 1330. The highest BCUT2D eigenvalue weighted by Crippen LogP contribution is 2.36. The number of rotatable bonds is 8. The van der Waals surface area contributed by atoms with Crippen LogP contribution in [0, 0.1) is 0 Å². The van der Waals surface area contributed by atoms with E-state index < -0.39 is 6.10 Å². The van der Waals surface area contributed by atoms with E-state index in [1.54, 1.807) is 54.6 Å². The quantitative estimate of drug-likeness (QED) is 0.398. The molecule has 4 aromatic rings. The molecule has 34 heavy (non-hydrogen) atoms. The van der Waals surface area contributed by atoms with Crippen LogP contribution < -0.4 is 10.1 Å². The molecule has 1 atom stereocenters. The van der Waals surface area contributed by atoms with E-state index >= 15 is 0 Å². The van der Waals surface area contributed by atoms with Crippen LogP contribution in [-0.2, 0) is 6.54 Å². The number of β-amino-alcohol motifs (C(OH)–C–C–N with tert-alkyl or cyclic N) is 1. The summed E-state index contributed by atoms with van der Waals surface area (Å²) in [4.78, 5) is 19.6. The number of likely N-dealkylation sites (tertiary alicyclic amines) is 1. The van der Waals surface area contributed by atoms with Crippen LogP contribution in [-0.4, -0.2) is 73.1 Å². The lowest BCUT2D eigenvalue weighted by atomic mass is 10.1. The predicted molar refractivity (Wildman–Crippen MR) is 127 cm³/mol. The highest BCUT2D eigenvalue weighted by atomic mass is 35.5. The zero-order valence-corrected chi connectivity index (χ0v) is 19.3. The molecule has 1 aliphatic heterocycles. The number of aliphatic hydroxyl groups is 1. The number of methoxy groups -OCH3 is 1. The van der Waals surface area contributed by atoms with Crippen molar-refractivity contribution in [1.29, 1.82) is 0 Å². The topological polar surface area (TPSA) is 110 Å². The SMILES string of the molecule is COc1ccc(Cl)cc1-c1nn(CC(O)CN2CCC2)cc1NC(=O)c1cnn2cccnc12. The van der Waals surface area contributed by atoms with Crippen molar-refractivity contribution in [2.45, 2.75) is 19.1 Å². The molecule has 1 saturated heterocycles. The first-order valence-corrected chi connectivity index (χ1v) is 11.3. The third-order valence-corrected chi connectivity index (χ3v) is 6.00. The summed E-state index contributed by atoms with van der Waals surface area (Å²) in [6.45, 7) is 2.85. The molecule has 1 aromatic carbocycles. The summed E-state index contributed by atoms with van der Waals surface area (Å²) in [7, 11) is 1.56. The number of anilines is 1. The number of carbonyl (C=O) groups excluding carboxylic acids is 1. The number of carbonyl (C=O) groups is 1. The van der Waals surface area contributed by atoms with Crippen LogP contribution in [0.25, 0.3) is 16.9 Å². The van der Waals surface area contributed by atoms with Crippen molar-refractivity contribution < 1.29 is 14.6 Å². The smallest absolute Gasteiger partial charge is 0.261 e. The van der Waals surface area contributed by atoms with Gasteiger partial charge in [-0.2, -0.15) is 10.2 Å². The zero-order chi connectivity index (χ0) is 23.7. The summed E-state index contributed by atoms with van der Waals surface area (Å²) >= 11 is 6.26. The molecule has 0 radical (unpaired) electrons. The zero-order valence-electron chi connectivity index (χ0n) is 18.6. The van der Waals surface area contributed by atoms with Crippen molar-refractivity contribution >= 4 is 28.8 Å². The standard InChI is InChI=1S/C23H24ClN7O3/c1-34-20-5-4-15(24)10-17(20)21-19(14-30(28-21)13-16(32)12-29-7-3-8-29)27-23(33)18-11-26-31-9-2-6-25-22(18)31/h2,4-6,9-11,14,16,32H,3,7-8,12-13H2,1H3,(H,27,33). The van der Waals surface area contributed by atoms with Crippen molar-refractivity contribution in [3.63, 3.8) is 0 Å². The summed E-state index contributed by atoms with van der Waals surface area (Å²) in [5, 5.41) is 22.8. The minimum Gasteiger partial charge on any atom is -0.496 e. The molecule has 10 nitrogen and oxygen atoms in total. The molecule has 3 aromatic heterocycles. The Kier molecular flexibility index (Phi) is 6.18. The molecule has 2 N–H and O–H groups in total. The minimum absolute atomic E-state index is 0.278. The first kappa shape index (κ1) is 22.3. The molecular formula is C23H24ClN7O3. The Morgan fingerprint density at radius 2 is 2.18 bits per heavy atom. The largest absolute Gasteiger partial charge is 0.496 e. The summed E-state index contributed by atoms with van der Waals surface area (Å²) in [6, 6.07) is 6.94. The fourth-order valence-electron chi connectivity index (χ4n) is 3.98. The first-order valence-electron chi connectivity index (χ1n) is 10.9. The van der Waals surface area contributed by atoms with Gasteiger partial charge >= 0.3 is 0 Å². The predicted octanol–water partition coefficient (Wildman–Crippen LogP) is 2.57. The summed E-state index contributed by atoms with van der Waals surface area (Å²) in [5.74, 6) is 0.181. The minimum atomic E-state index is -0.596. The number of ether oxygens (including phenoxy) is 1. The second kappa shape index (κ2) is 9.41. The van der Waals surface area contributed by atoms with Gasteiger partial charge in [0, 0.05) is 35.7 Å². The average molecular weight is 482 g/mol. The van der Waals surface area contributed by atoms with E-state index in [1.807, 2.05) is 0 Å². The number of amides is 1. The Labute approximate surface area is 200 Å². The van der Waals surface area contributed by atoms with Crippen LogP contribution in [0.2, 0.25) is 5.02 Å². The Morgan fingerprint density at radius 1 is 1.32 bits per heavy atom. The molecular weight excluding hydrogens is 458 g/mol. The van der Waals surface area contributed by atoms with Gasteiger partial charge in [-0.3, -0.25) is 9.48 Å². The summed E-state index contributed by atoms with van der Waals surface area (Å²) < 4.78 is 8.67. The van der Waals surface area contributed by atoms with Crippen LogP contribution in [0.1, 0.15) is 16.8 Å². The van der Waals surface area contributed by atoms with Gasteiger partial charge in [-0.05, 0) is 43.8 Å². The molecule has 1 fully saturated rings. The van der Waals surface area contributed by atoms with Crippen molar-refractivity contribution in [3.8, 4) is 17.0 Å². The molecule has 0 spiro atoms. The van der Waals surface area contributed by atoms with Crippen LogP contribution in [0.4, 0.5) is 5.69 Å². The number of aromatic nitrogens is 5. The first-order chi connectivity index (χ1) is 16.5. The molecule has 1 unspecified atom stereocenters. The van der Waals surface area contributed by atoms with Gasteiger partial charge < -0.3 is 20.1 Å². The molecule has 0 saturated carbocycles. The van der Waals surface area contributed by atoms with E-state index in [1.165, 1.54) is 10.7 Å². The molecule has 0 bridgehead atoms. The average Bonchev–Trinajstić information content (AvgIpc) is 3.40. The van der Waals surface area contributed by atoms with Crippen molar-refractivity contribution in [1.82, 2.24) is 29.3 Å². The number of nitrogens with zero attached hydrogens (tertiary/aromatic N) is 6. The number of benzene rings is 1. The van der Waals surface area contributed by atoms with Crippen LogP contribution in [0.5, 0.6) is 5.75 Å². The highest BCUT2D eigenvalue weighted by Gasteiger charge is 2.23. The second-order valence-corrected chi connectivity index (χ2v) is 8.60. The van der Waals surface area contributed by atoms with E-state index in [9.17, 15) is 9.90 Å². The van der Waals surface area contributed by atoms with Gasteiger partial charge in [0.25, 0.3) is 5.91 Å². The number of halogens is 1. The van der Waals surface area contributed by atoms with Crippen LogP contribution in [0.15, 0.2) is 49.1 Å². The van der Waals surface area contributed by atoms with E-state index in [2.05, 4.69) is 25.4 Å². The number of fused-ring (bicyclic) bond motifs is 1. The van der Waals surface area contributed by atoms with E-state index in [0.29, 0.717) is 45.5 Å². The molecule has 1 amide bonds. The molecule has 5 rings (SSSR count). The summed E-state index contributed by atoms with van der Waals surface area (Å²) in [5.41, 5.74) is 2.33. The maximum Gasteiger partial charge on any atom is 0.261 e. The van der Waals surface area contributed by atoms with Crippen LogP contribution >= 0.6 is 11.6 Å². The third-order valence-electron chi connectivity index (χ3n) is 5.77.